The Bertz CT molecular complexity index is 2620. The second kappa shape index (κ2) is 18.3. The lowest BCUT2D eigenvalue weighted by Crippen LogP contribution is -2.35. The van der Waals surface area contributed by atoms with Crippen LogP contribution in [-0.2, 0) is 54.9 Å². The minimum atomic E-state index is -5.05. The highest BCUT2D eigenvalue weighted by molar-refractivity contribution is 7.90. The summed E-state index contributed by atoms with van der Waals surface area (Å²) in [6.45, 7) is 0.610. The molecule has 0 bridgehead atoms. The van der Waals surface area contributed by atoms with Crippen LogP contribution in [0.25, 0.3) is 22.1 Å². The van der Waals surface area contributed by atoms with Crippen LogP contribution in [0.15, 0.2) is 30.9 Å². The molecule has 0 saturated heterocycles. The number of aromatic amines is 2. The van der Waals surface area contributed by atoms with Crippen LogP contribution >= 0.6 is 11.6 Å². The summed E-state index contributed by atoms with van der Waals surface area (Å²) >= 11 is 6.18. The molecule has 4 heterocycles. The van der Waals surface area contributed by atoms with Crippen molar-refractivity contribution in [3.63, 3.8) is 0 Å². The number of alkyl halides is 3. The molecule has 1 aromatic carbocycles. The minimum Gasteiger partial charge on any atom is -0.403 e. The van der Waals surface area contributed by atoms with E-state index in [9.17, 15) is 44.0 Å². The Labute approximate surface area is 346 Å². The van der Waals surface area contributed by atoms with E-state index in [0.717, 1.165) is 59.1 Å². The fourth-order valence-corrected chi connectivity index (χ4v) is 8.87. The highest BCUT2D eigenvalue weighted by Crippen LogP contribution is 2.37. The largest absolute Gasteiger partial charge is 0.573 e. The van der Waals surface area contributed by atoms with Crippen molar-refractivity contribution in [2.45, 2.75) is 57.7 Å². The third kappa shape index (κ3) is 11.6. The summed E-state index contributed by atoms with van der Waals surface area (Å²) in [6.07, 6.45) is 4.28. The SMILES string of the molecule is CS(=O)(=O)CCCNC(=O)C1CCc2[nH]c3ncnc(Cl)c3c2C1.CS(=O)(=O)CCCNC(=O)C1CCc2[nH]c3ncnc(Nc4ccc(F)c(OC(F)(F)F)c4)c3c2C1. The van der Waals surface area contributed by atoms with Crippen LogP contribution < -0.4 is 20.7 Å². The number of amides is 2. The number of carbonyl (C=O) groups excluding carboxylic acids is 2. The molecule has 2 atom stereocenters. The number of fused-ring (bicyclic) bond motifs is 6. The number of carbonyl (C=O) groups is 2. The maximum absolute atomic E-state index is 13.8. The van der Waals surface area contributed by atoms with E-state index >= 15 is 0 Å². The number of hydrogen-bond acceptors (Lipinski definition) is 12. The highest BCUT2D eigenvalue weighted by Gasteiger charge is 2.33. The van der Waals surface area contributed by atoms with Crippen molar-refractivity contribution in [2.24, 2.45) is 11.8 Å². The van der Waals surface area contributed by atoms with E-state index in [4.69, 9.17) is 11.6 Å². The van der Waals surface area contributed by atoms with Crippen molar-refractivity contribution < 1.29 is 48.7 Å². The van der Waals surface area contributed by atoms with Gasteiger partial charge in [0.25, 0.3) is 0 Å². The standard InChI is InChI=1S/C22H23F4N5O4S.C15H19ClN4O3S/c1-36(33,34)8-2-7-27-21(32)12-3-6-16-14(9-12)18-19(28-11-29-20(18)31-16)30-13-4-5-15(23)17(10-13)35-22(24,25)26;1-24(22,23)6-2-5-17-15(21)9-3-4-11-10(7-9)12-13(16)18-8-19-14(12)20-11/h4-5,10-12H,2-3,6-9H2,1H3,(H,27,32)(H2,28,29,30,31);8-9H,2-7H2,1H3,(H,17,21)(H,18,19,20). The first-order valence-corrected chi connectivity index (χ1v) is 23.3. The molecule has 0 saturated carbocycles. The summed E-state index contributed by atoms with van der Waals surface area (Å²) in [7, 11) is -6.10. The number of sulfone groups is 2. The first-order valence-electron chi connectivity index (χ1n) is 18.8. The molecule has 2 aliphatic carbocycles. The van der Waals surface area contributed by atoms with Gasteiger partial charge in [0.15, 0.2) is 11.6 Å². The lowest BCUT2D eigenvalue weighted by atomic mass is 9.86. The number of ether oxygens (including phenoxy) is 1. The van der Waals surface area contributed by atoms with Crippen molar-refractivity contribution in [2.75, 3.05) is 42.4 Å². The molecule has 2 unspecified atom stereocenters. The Morgan fingerprint density at radius 2 is 1.33 bits per heavy atom. The Balaban J connectivity index is 0.000000218. The summed E-state index contributed by atoms with van der Waals surface area (Å²) < 4.78 is 100. The first kappa shape index (κ1) is 44.5. The highest BCUT2D eigenvalue weighted by atomic mass is 35.5. The number of H-pyrrole nitrogens is 2. The number of aromatic nitrogens is 6. The molecule has 0 radical (unpaired) electrons. The Morgan fingerprint density at radius 3 is 1.87 bits per heavy atom. The molecule has 5 N–H and O–H groups in total. The van der Waals surface area contributed by atoms with Crippen molar-refractivity contribution >= 4 is 76.7 Å². The topological polar surface area (TPSA) is 231 Å². The molecular formula is C37H42ClF4N9O7S2. The zero-order chi connectivity index (χ0) is 43.4. The molecule has 16 nitrogen and oxygen atoms in total. The molecule has 7 rings (SSSR count). The van der Waals surface area contributed by atoms with E-state index in [1.54, 1.807) is 0 Å². The summed E-state index contributed by atoms with van der Waals surface area (Å²) in [6, 6.07) is 2.97. The summed E-state index contributed by atoms with van der Waals surface area (Å²) in [5.74, 6) is -2.56. The van der Waals surface area contributed by atoms with E-state index in [2.05, 4.69) is 50.6 Å². The van der Waals surface area contributed by atoms with Crippen LogP contribution in [0.4, 0.5) is 29.1 Å². The number of benzene rings is 1. The van der Waals surface area contributed by atoms with Crippen molar-refractivity contribution in [3.8, 4) is 5.75 Å². The minimum absolute atomic E-state index is 0.0178. The van der Waals surface area contributed by atoms with Gasteiger partial charge in [-0.1, -0.05) is 11.6 Å². The molecule has 4 aromatic heterocycles. The van der Waals surface area contributed by atoms with Crippen molar-refractivity contribution in [1.29, 1.82) is 0 Å². The smallest absolute Gasteiger partial charge is 0.403 e. The predicted octanol–water partition coefficient (Wildman–Crippen LogP) is 4.66. The fraction of sp³-hybridized carbons (Fsp3) is 0.459. The zero-order valence-corrected chi connectivity index (χ0v) is 34.8. The molecule has 0 spiro atoms. The maximum atomic E-state index is 13.8. The van der Waals surface area contributed by atoms with Crippen LogP contribution in [0, 0.1) is 17.7 Å². The third-order valence-electron chi connectivity index (χ3n) is 10.0. The molecule has 0 aliphatic heterocycles. The predicted molar refractivity (Wildman–Crippen MR) is 215 cm³/mol. The van der Waals surface area contributed by atoms with Gasteiger partial charge in [-0.3, -0.25) is 9.59 Å². The van der Waals surface area contributed by atoms with Crippen LogP contribution in [0.3, 0.4) is 0 Å². The van der Waals surface area contributed by atoms with Gasteiger partial charge >= 0.3 is 6.36 Å². The van der Waals surface area contributed by atoms with E-state index in [1.807, 2.05) is 0 Å². The summed E-state index contributed by atoms with van der Waals surface area (Å²) in [4.78, 5) is 48.1. The Morgan fingerprint density at radius 1 is 0.817 bits per heavy atom. The van der Waals surface area contributed by atoms with Gasteiger partial charge < -0.3 is 30.7 Å². The maximum Gasteiger partial charge on any atom is 0.573 e. The third-order valence-corrected chi connectivity index (χ3v) is 12.4. The first-order chi connectivity index (χ1) is 28.2. The average molecular weight is 900 g/mol. The van der Waals surface area contributed by atoms with Gasteiger partial charge in [0.1, 0.15) is 54.6 Å². The lowest BCUT2D eigenvalue weighted by molar-refractivity contribution is -0.275. The summed E-state index contributed by atoms with van der Waals surface area (Å²) in [5, 5.41) is 10.3. The van der Waals surface area contributed by atoms with Gasteiger partial charge in [-0.15, -0.1) is 13.2 Å². The number of anilines is 2. The molecule has 60 heavy (non-hydrogen) atoms. The normalized spacial score (nSPS) is 16.6. The molecular weight excluding hydrogens is 858 g/mol. The van der Waals surface area contributed by atoms with E-state index < -0.39 is 37.6 Å². The lowest BCUT2D eigenvalue weighted by Gasteiger charge is -2.22. The molecule has 2 aliphatic rings. The zero-order valence-electron chi connectivity index (χ0n) is 32.4. The Kier molecular flexibility index (Phi) is 13.5. The quantitative estimate of drug-likeness (QED) is 0.0618. The molecule has 324 valence electrons. The number of hydrogen-bond donors (Lipinski definition) is 5. The fourth-order valence-electron chi connectivity index (χ4n) is 7.29. The van der Waals surface area contributed by atoms with Gasteiger partial charge in [-0.25, -0.2) is 41.2 Å². The average Bonchev–Trinajstić information content (AvgIpc) is 3.74. The van der Waals surface area contributed by atoms with Crippen LogP contribution in [-0.4, -0.2) is 102 Å². The van der Waals surface area contributed by atoms with E-state index in [-0.39, 0.29) is 53.2 Å². The van der Waals surface area contributed by atoms with Gasteiger partial charge in [-0.2, -0.15) is 0 Å². The molecule has 2 amide bonds. The second-order valence-electron chi connectivity index (χ2n) is 14.7. The molecule has 23 heteroatoms. The number of rotatable bonds is 13. The van der Waals surface area contributed by atoms with Crippen LogP contribution in [0.2, 0.25) is 5.15 Å². The van der Waals surface area contributed by atoms with Crippen LogP contribution in [0.5, 0.6) is 5.75 Å². The number of nitrogens with one attached hydrogen (secondary N) is 5. The van der Waals surface area contributed by atoms with E-state index in [1.165, 1.54) is 25.0 Å². The summed E-state index contributed by atoms with van der Waals surface area (Å²) in [5.41, 5.74) is 5.04. The van der Waals surface area contributed by atoms with Crippen LogP contribution in [0.1, 0.15) is 48.2 Å². The van der Waals surface area contributed by atoms with Gasteiger partial charge in [0.05, 0.1) is 22.3 Å². The van der Waals surface area contributed by atoms with Crippen molar-refractivity contribution in [1.82, 2.24) is 40.5 Å². The number of halogens is 5. The van der Waals surface area contributed by atoms with Gasteiger partial charge in [-0.05, 0) is 74.6 Å². The number of aryl methyl sites for hydroxylation is 2. The van der Waals surface area contributed by atoms with Crippen molar-refractivity contribution in [3.05, 3.63) is 64.3 Å². The monoisotopic (exact) mass is 899 g/mol. The number of nitrogens with zero attached hydrogens (tertiary/aromatic N) is 4. The molecule has 0 fully saturated rings. The van der Waals surface area contributed by atoms with E-state index in [0.29, 0.717) is 66.9 Å². The Hall–Kier alpha value is -5.09. The second-order valence-corrected chi connectivity index (χ2v) is 19.6. The molecule has 5 aromatic rings. The van der Waals surface area contributed by atoms with Gasteiger partial charge in [0.2, 0.25) is 11.8 Å². The van der Waals surface area contributed by atoms with Gasteiger partial charge in [0, 0.05) is 60.6 Å².